The van der Waals surface area contributed by atoms with E-state index in [-0.39, 0.29) is 5.91 Å². The highest BCUT2D eigenvalue weighted by atomic mass is 32.2. The zero-order chi connectivity index (χ0) is 18.7. The largest absolute Gasteiger partial charge is 0.327 e. The molecule has 2 saturated heterocycles. The molecule has 3 rings (SSSR count). The second-order valence-electron chi connectivity index (χ2n) is 7.96. The molecule has 0 spiro atoms. The van der Waals surface area contributed by atoms with E-state index in [1.807, 2.05) is 0 Å². The molecule has 0 aromatic heterocycles. The van der Waals surface area contributed by atoms with Crippen molar-refractivity contribution in [2.75, 3.05) is 38.0 Å². The lowest BCUT2D eigenvalue weighted by Crippen LogP contribution is -3.15. The van der Waals surface area contributed by atoms with Crippen molar-refractivity contribution in [2.24, 2.45) is 11.8 Å². The first-order chi connectivity index (χ1) is 12.3. The van der Waals surface area contributed by atoms with Gasteiger partial charge in [0.1, 0.15) is 0 Å². The lowest BCUT2D eigenvalue weighted by molar-refractivity contribution is -0.904. The maximum Gasteiger partial charge on any atom is 0.279 e. The Labute approximate surface area is 156 Å². The van der Waals surface area contributed by atoms with Crippen LogP contribution in [-0.2, 0) is 14.8 Å². The molecule has 6 nitrogen and oxygen atoms in total. The smallest absolute Gasteiger partial charge is 0.279 e. The van der Waals surface area contributed by atoms with E-state index in [1.165, 1.54) is 15.6 Å². The number of hydrogen-bond acceptors (Lipinski definition) is 3. The molecular formula is C19H30N3O3S+. The van der Waals surface area contributed by atoms with Crippen molar-refractivity contribution < 1.29 is 18.1 Å². The quantitative estimate of drug-likeness (QED) is 0.800. The fourth-order valence-corrected chi connectivity index (χ4v) is 5.80. The molecule has 1 aromatic carbocycles. The number of likely N-dealkylation sites (tertiary alicyclic amines) is 1. The van der Waals surface area contributed by atoms with Gasteiger partial charge in [0.15, 0.2) is 6.54 Å². The van der Waals surface area contributed by atoms with Gasteiger partial charge in [-0.15, -0.1) is 0 Å². The Bertz CT molecular complexity index is 717. The SMILES string of the molecule is C[C@@H]1C[C@H](C)C[NH+](CC(=O)Nc2ccc(S(=O)(=O)N3CCCC3)cc2)C1. The van der Waals surface area contributed by atoms with E-state index in [1.54, 1.807) is 24.3 Å². The molecule has 3 atom stereocenters. The van der Waals surface area contributed by atoms with Crippen LogP contribution >= 0.6 is 0 Å². The van der Waals surface area contributed by atoms with Crippen LogP contribution in [0.5, 0.6) is 0 Å². The van der Waals surface area contributed by atoms with E-state index < -0.39 is 10.0 Å². The fourth-order valence-electron chi connectivity index (χ4n) is 4.29. The first-order valence-electron chi connectivity index (χ1n) is 9.58. The molecule has 2 fully saturated rings. The predicted molar refractivity (Wildman–Crippen MR) is 102 cm³/mol. The summed E-state index contributed by atoms with van der Waals surface area (Å²) in [6.07, 6.45) is 3.07. The number of piperidine rings is 1. The highest BCUT2D eigenvalue weighted by Crippen LogP contribution is 2.22. The zero-order valence-electron chi connectivity index (χ0n) is 15.7. The van der Waals surface area contributed by atoms with Crippen LogP contribution in [0.2, 0.25) is 0 Å². The van der Waals surface area contributed by atoms with Crippen LogP contribution in [0.15, 0.2) is 29.2 Å². The third-order valence-corrected chi connectivity index (χ3v) is 7.24. The van der Waals surface area contributed by atoms with E-state index in [0.29, 0.717) is 42.1 Å². The molecule has 0 saturated carbocycles. The van der Waals surface area contributed by atoms with Gasteiger partial charge in [-0.1, -0.05) is 13.8 Å². The summed E-state index contributed by atoms with van der Waals surface area (Å²) in [6, 6.07) is 6.53. The molecule has 2 N–H and O–H groups in total. The van der Waals surface area contributed by atoms with Gasteiger partial charge in [-0.05, 0) is 43.5 Å². The van der Waals surface area contributed by atoms with E-state index in [9.17, 15) is 13.2 Å². The van der Waals surface area contributed by atoms with E-state index in [4.69, 9.17) is 0 Å². The summed E-state index contributed by atoms with van der Waals surface area (Å²) >= 11 is 0. The molecule has 1 amide bonds. The summed E-state index contributed by atoms with van der Waals surface area (Å²) in [7, 11) is -3.40. The van der Waals surface area contributed by atoms with Gasteiger partial charge in [-0.3, -0.25) is 4.79 Å². The van der Waals surface area contributed by atoms with Crippen LogP contribution in [0, 0.1) is 11.8 Å². The monoisotopic (exact) mass is 380 g/mol. The van der Waals surface area contributed by atoms with E-state index in [0.717, 1.165) is 25.9 Å². The van der Waals surface area contributed by atoms with Gasteiger partial charge in [0.2, 0.25) is 10.0 Å². The second-order valence-corrected chi connectivity index (χ2v) is 9.90. The summed E-state index contributed by atoms with van der Waals surface area (Å²) in [4.78, 5) is 13.9. The second kappa shape index (κ2) is 8.06. The summed E-state index contributed by atoms with van der Waals surface area (Å²) in [5.41, 5.74) is 0.646. The third kappa shape index (κ3) is 4.64. The van der Waals surface area contributed by atoms with Crippen LogP contribution in [0.25, 0.3) is 0 Å². The normalized spacial score (nSPS) is 27.4. The maximum atomic E-state index is 12.5. The van der Waals surface area contributed by atoms with Crippen molar-refractivity contribution in [1.82, 2.24) is 4.31 Å². The Hall–Kier alpha value is -1.44. The molecular weight excluding hydrogens is 350 g/mol. The Morgan fingerprint density at radius 3 is 2.27 bits per heavy atom. The van der Waals surface area contributed by atoms with Crippen LogP contribution < -0.4 is 10.2 Å². The predicted octanol–water partition coefficient (Wildman–Crippen LogP) is 0.970. The summed E-state index contributed by atoms with van der Waals surface area (Å²) in [5, 5.41) is 2.90. The van der Waals surface area contributed by atoms with E-state index in [2.05, 4.69) is 19.2 Å². The topological polar surface area (TPSA) is 70.9 Å². The molecule has 26 heavy (non-hydrogen) atoms. The maximum absolute atomic E-state index is 12.5. The van der Waals surface area contributed by atoms with Crippen molar-refractivity contribution in [2.45, 2.75) is 38.0 Å². The molecule has 144 valence electrons. The number of carbonyl (C=O) groups is 1. The number of benzene rings is 1. The van der Waals surface area contributed by atoms with Crippen molar-refractivity contribution >= 4 is 21.6 Å². The van der Waals surface area contributed by atoms with Crippen molar-refractivity contribution in [3.05, 3.63) is 24.3 Å². The highest BCUT2D eigenvalue weighted by Gasteiger charge is 2.28. The van der Waals surface area contributed by atoms with Gasteiger partial charge in [-0.2, -0.15) is 4.31 Å². The molecule has 2 heterocycles. The lowest BCUT2D eigenvalue weighted by atomic mass is 9.92. The van der Waals surface area contributed by atoms with Gasteiger partial charge in [0.05, 0.1) is 18.0 Å². The minimum atomic E-state index is -3.40. The summed E-state index contributed by atoms with van der Waals surface area (Å²) in [6.45, 7) is 8.20. The number of amides is 1. The number of nitrogens with one attached hydrogen (secondary N) is 2. The number of sulfonamides is 1. The van der Waals surface area contributed by atoms with Crippen LogP contribution in [0.4, 0.5) is 5.69 Å². The van der Waals surface area contributed by atoms with Gasteiger partial charge in [0.25, 0.3) is 5.91 Å². The van der Waals surface area contributed by atoms with Crippen molar-refractivity contribution in [3.8, 4) is 0 Å². The molecule has 1 unspecified atom stereocenters. The third-order valence-electron chi connectivity index (χ3n) is 5.33. The minimum Gasteiger partial charge on any atom is -0.327 e. The molecule has 0 aliphatic carbocycles. The minimum absolute atomic E-state index is 0.0172. The van der Waals surface area contributed by atoms with Gasteiger partial charge in [0, 0.05) is 30.6 Å². The number of anilines is 1. The van der Waals surface area contributed by atoms with Crippen LogP contribution in [-0.4, -0.2) is 51.4 Å². The first-order valence-corrected chi connectivity index (χ1v) is 11.0. The summed E-state index contributed by atoms with van der Waals surface area (Å²) < 4.78 is 26.6. The van der Waals surface area contributed by atoms with E-state index >= 15 is 0 Å². The number of carbonyl (C=O) groups excluding carboxylic acids is 1. The van der Waals surface area contributed by atoms with Gasteiger partial charge < -0.3 is 10.2 Å². The van der Waals surface area contributed by atoms with Crippen molar-refractivity contribution in [3.63, 3.8) is 0 Å². The molecule has 7 heteroatoms. The number of quaternary nitrogens is 1. The lowest BCUT2D eigenvalue weighted by Gasteiger charge is -2.31. The van der Waals surface area contributed by atoms with Gasteiger partial charge in [-0.25, -0.2) is 8.42 Å². The Balaban J connectivity index is 1.58. The van der Waals surface area contributed by atoms with Crippen LogP contribution in [0.1, 0.15) is 33.1 Å². The van der Waals surface area contributed by atoms with Gasteiger partial charge >= 0.3 is 0 Å². The Morgan fingerprint density at radius 1 is 1.12 bits per heavy atom. The molecule has 0 radical (unpaired) electrons. The number of hydrogen-bond donors (Lipinski definition) is 2. The fraction of sp³-hybridized carbons (Fsp3) is 0.632. The Kier molecular flexibility index (Phi) is 5.99. The molecule has 2 aliphatic rings. The first kappa shape index (κ1) is 19.3. The molecule has 0 bridgehead atoms. The summed E-state index contributed by atoms with van der Waals surface area (Å²) in [5.74, 6) is 1.28. The zero-order valence-corrected chi connectivity index (χ0v) is 16.5. The Morgan fingerprint density at radius 2 is 1.69 bits per heavy atom. The van der Waals surface area contributed by atoms with Crippen LogP contribution in [0.3, 0.4) is 0 Å². The van der Waals surface area contributed by atoms with Crippen molar-refractivity contribution in [1.29, 1.82) is 0 Å². The average Bonchev–Trinajstić information content (AvgIpc) is 3.09. The average molecular weight is 381 g/mol. The number of rotatable bonds is 5. The molecule has 1 aromatic rings. The number of nitrogens with zero attached hydrogens (tertiary/aromatic N) is 1. The standard InChI is InChI=1S/C19H29N3O3S/c1-15-11-16(2)13-21(12-15)14-19(23)20-17-5-7-18(8-6-17)26(24,25)22-9-3-4-10-22/h5-8,15-16H,3-4,9-14H2,1-2H3,(H,20,23)/p+1/t15-,16+. The molecule has 2 aliphatic heterocycles. The highest BCUT2D eigenvalue weighted by molar-refractivity contribution is 7.89.